The van der Waals surface area contributed by atoms with Gasteiger partial charge in [-0.25, -0.2) is 0 Å². The van der Waals surface area contributed by atoms with Crippen LogP contribution in [0, 0.1) is 6.92 Å². The second-order valence-corrected chi connectivity index (χ2v) is 2.92. The van der Waals surface area contributed by atoms with Crippen molar-refractivity contribution in [2.45, 2.75) is 12.3 Å². The molecule has 71 valence electrons. The van der Waals surface area contributed by atoms with Gasteiger partial charge in [-0.2, -0.15) is 0 Å². The van der Waals surface area contributed by atoms with Crippen molar-refractivity contribution < 1.29 is 14.6 Å². The topological polar surface area (TPSA) is 41.9 Å². The molecular formula is C8H16NO3. The van der Waals surface area contributed by atoms with Crippen LogP contribution < -0.4 is 0 Å². The van der Waals surface area contributed by atoms with Crippen LogP contribution in [0.5, 0.6) is 0 Å². The van der Waals surface area contributed by atoms with Crippen molar-refractivity contribution in [1.82, 2.24) is 4.90 Å². The van der Waals surface area contributed by atoms with Gasteiger partial charge in [-0.3, -0.25) is 4.90 Å². The Labute approximate surface area is 73.1 Å². The van der Waals surface area contributed by atoms with Crippen molar-refractivity contribution >= 4 is 0 Å². The molecule has 0 aromatic heterocycles. The lowest BCUT2D eigenvalue weighted by molar-refractivity contribution is -0.0974. The van der Waals surface area contributed by atoms with E-state index in [4.69, 9.17) is 9.47 Å². The largest absolute Gasteiger partial charge is 0.382 e. The van der Waals surface area contributed by atoms with Crippen LogP contribution in [0.4, 0.5) is 0 Å². The average Bonchev–Trinajstić information content (AvgIpc) is 2.05. The third kappa shape index (κ3) is 2.71. The van der Waals surface area contributed by atoms with Gasteiger partial charge < -0.3 is 14.6 Å². The Morgan fingerprint density at radius 1 is 1.83 bits per heavy atom. The first kappa shape index (κ1) is 9.92. The summed E-state index contributed by atoms with van der Waals surface area (Å²) in [6, 6.07) is 0. The molecule has 2 unspecified atom stereocenters. The maximum Gasteiger partial charge on any atom is 0.107 e. The second kappa shape index (κ2) is 4.77. The highest BCUT2D eigenvalue weighted by molar-refractivity contribution is 4.73. The van der Waals surface area contributed by atoms with Crippen LogP contribution in [0.2, 0.25) is 0 Å². The van der Waals surface area contributed by atoms with E-state index < -0.39 is 6.23 Å². The lowest BCUT2D eigenvalue weighted by Gasteiger charge is -2.34. The van der Waals surface area contributed by atoms with Crippen LogP contribution in [0.15, 0.2) is 0 Å². The van der Waals surface area contributed by atoms with Gasteiger partial charge in [0, 0.05) is 20.2 Å². The molecule has 1 radical (unpaired) electrons. The summed E-state index contributed by atoms with van der Waals surface area (Å²) in [6.45, 7) is 6.19. The standard InChI is InChI=1S/C8H16NO3/c1-7(10)9-3-4-12-8(5-9)6-11-2/h7-8,10H,1,3-6H2,2H3. The monoisotopic (exact) mass is 174 g/mol. The Balaban J connectivity index is 2.30. The maximum atomic E-state index is 9.18. The van der Waals surface area contributed by atoms with Crippen molar-refractivity contribution in [3.05, 3.63) is 6.92 Å². The van der Waals surface area contributed by atoms with E-state index in [1.54, 1.807) is 7.11 Å². The highest BCUT2D eigenvalue weighted by atomic mass is 16.5. The Kier molecular flexibility index (Phi) is 3.94. The number of morpholine rings is 1. The summed E-state index contributed by atoms with van der Waals surface area (Å²) in [5.41, 5.74) is 0. The summed E-state index contributed by atoms with van der Waals surface area (Å²) >= 11 is 0. The third-order valence-corrected chi connectivity index (χ3v) is 1.94. The molecule has 0 spiro atoms. The average molecular weight is 174 g/mol. The number of hydrogen-bond acceptors (Lipinski definition) is 4. The molecule has 0 aliphatic carbocycles. The van der Waals surface area contributed by atoms with Gasteiger partial charge in [0.1, 0.15) is 6.23 Å². The van der Waals surface area contributed by atoms with E-state index in [0.717, 1.165) is 6.54 Å². The van der Waals surface area contributed by atoms with Crippen molar-refractivity contribution in [2.75, 3.05) is 33.4 Å². The molecule has 12 heavy (non-hydrogen) atoms. The summed E-state index contributed by atoms with van der Waals surface area (Å²) in [7, 11) is 1.64. The highest BCUT2D eigenvalue weighted by Gasteiger charge is 2.22. The molecule has 1 aliphatic rings. The molecule has 1 fully saturated rings. The van der Waals surface area contributed by atoms with Gasteiger partial charge in [-0.05, 0) is 6.92 Å². The molecule has 0 bridgehead atoms. The molecule has 1 aliphatic heterocycles. The summed E-state index contributed by atoms with van der Waals surface area (Å²) in [6.07, 6.45) is -0.562. The number of aliphatic hydroxyl groups excluding tert-OH is 1. The number of nitrogens with zero attached hydrogens (tertiary/aromatic N) is 1. The Hall–Kier alpha value is -0.160. The van der Waals surface area contributed by atoms with Gasteiger partial charge in [0.15, 0.2) is 0 Å². The zero-order valence-electron chi connectivity index (χ0n) is 7.40. The number of aliphatic hydroxyl groups is 1. The molecule has 1 heterocycles. The summed E-state index contributed by atoms with van der Waals surface area (Å²) in [5.74, 6) is 0. The van der Waals surface area contributed by atoms with Crippen LogP contribution >= 0.6 is 0 Å². The van der Waals surface area contributed by atoms with E-state index in [9.17, 15) is 5.11 Å². The van der Waals surface area contributed by atoms with Gasteiger partial charge >= 0.3 is 0 Å². The first-order valence-corrected chi connectivity index (χ1v) is 4.09. The first-order chi connectivity index (χ1) is 5.74. The first-order valence-electron chi connectivity index (χ1n) is 4.09. The number of methoxy groups -OCH3 is 1. The second-order valence-electron chi connectivity index (χ2n) is 2.92. The predicted molar refractivity (Wildman–Crippen MR) is 44.6 cm³/mol. The maximum absolute atomic E-state index is 9.18. The normalized spacial score (nSPS) is 28.8. The number of ether oxygens (including phenoxy) is 2. The quantitative estimate of drug-likeness (QED) is 0.625. The number of hydrogen-bond donors (Lipinski definition) is 1. The van der Waals surface area contributed by atoms with Gasteiger partial charge in [0.25, 0.3) is 0 Å². The van der Waals surface area contributed by atoms with Crippen LogP contribution in [-0.2, 0) is 9.47 Å². The molecule has 2 atom stereocenters. The van der Waals surface area contributed by atoms with Crippen molar-refractivity contribution in [1.29, 1.82) is 0 Å². The zero-order valence-corrected chi connectivity index (χ0v) is 7.40. The molecule has 1 saturated heterocycles. The van der Waals surface area contributed by atoms with E-state index in [-0.39, 0.29) is 6.10 Å². The van der Waals surface area contributed by atoms with E-state index in [0.29, 0.717) is 19.8 Å². The minimum absolute atomic E-state index is 0.0696. The van der Waals surface area contributed by atoms with Crippen molar-refractivity contribution in [3.8, 4) is 0 Å². The van der Waals surface area contributed by atoms with Crippen molar-refractivity contribution in [3.63, 3.8) is 0 Å². The Morgan fingerprint density at radius 2 is 2.58 bits per heavy atom. The Morgan fingerprint density at radius 3 is 3.17 bits per heavy atom. The smallest absolute Gasteiger partial charge is 0.107 e. The van der Waals surface area contributed by atoms with E-state index >= 15 is 0 Å². The fourth-order valence-corrected chi connectivity index (χ4v) is 1.30. The van der Waals surface area contributed by atoms with Crippen LogP contribution in [-0.4, -0.2) is 55.8 Å². The lowest BCUT2D eigenvalue weighted by atomic mass is 10.3. The third-order valence-electron chi connectivity index (χ3n) is 1.94. The minimum Gasteiger partial charge on any atom is -0.382 e. The minimum atomic E-state index is -0.631. The van der Waals surface area contributed by atoms with E-state index in [1.165, 1.54) is 0 Å². The van der Waals surface area contributed by atoms with Crippen LogP contribution in [0.3, 0.4) is 0 Å². The molecule has 0 amide bonds. The van der Waals surface area contributed by atoms with Crippen molar-refractivity contribution in [2.24, 2.45) is 0 Å². The van der Waals surface area contributed by atoms with Gasteiger partial charge in [-0.1, -0.05) is 0 Å². The molecule has 4 heteroatoms. The lowest BCUT2D eigenvalue weighted by Crippen LogP contribution is -2.48. The zero-order chi connectivity index (χ0) is 8.97. The SMILES string of the molecule is [CH2]C(O)N1CCOC(COC)C1. The molecular weight excluding hydrogens is 158 g/mol. The molecule has 1 N–H and O–H groups in total. The molecule has 4 nitrogen and oxygen atoms in total. The summed E-state index contributed by atoms with van der Waals surface area (Å²) < 4.78 is 10.3. The van der Waals surface area contributed by atoms with Crippen LogP contribution in [0.1, 0.15) is 0 Å². The summed E-state index contributed by atoms with van der Waals surface area (Å²) in [4.78, 5) is 1.87. The number of rotatable bonds is 3. The fourth-order valence-electron chi connectivity index (χ4n) is 1.30. The van der Waals surface area contributed by atoms with Crippen LogP contribution in [0.25, 0.3) is 0 Å². The molecule has 0 aromatic carbocycles. The van der Waals surface area contributed by atoms with Gasteiger partial charge in [-0.15, -0.1) is 0 Å². The van der Waals surface area contributed by atoms with E-state index in [1.807, 2.05) is 4.90 Å². The fraction of sp³-hybridized carbons (Fsp3) is 0.875. The highest BCUT2D eigenvalue weighted by Crippen LogP contribution is 2.07. The molecule has 0 saturated carbocycles. The van der Waals surface area contributed by atoms with Gasteiger partial charge in [0.2, 0.25) is 0 Å². The molecule has 1 rings (SSSR count). The predicted octanol–water partition coefficient (Wildman–Crippen LogP) is -0.514. The summed E-state index contributed by atoms with van der Waals surface area (Å²) in [5, 5.41) is 9.18. The molecule has 0 aromatic rings. The Bertz CT molecular complexity index is 127. The van der Waals surface area contributed by atoms with E-state index in [2.05, 4.69) is 6.92 Å². The van der Waals surface area contributed by atoms with Gasteiger partial charge in [0.05, 0.1) is 19.3 Å².